The van der Waals surface area contributed by atoms with Crippen molar-refractivity contribution in [2.45, 2.75) is 19.3 Å². The first-order valence-electron chi connectivity index (χ1n) is 8.72. The number of rotatable bonds is 1. The minimum Gasteiger partial charge on any atom is -0.454 e. The second-order valence-electron chi connectivity index (χ2n) is 6.69. The van der Waals surface area contributed by atoms with Gasteiger partial charge in [-0.2, -0.15) is 0 Å². The summed E-state index contributed by atoms with van der Waals surface area (Å²) < 4.78 is 11.2. The van der Waals surface area contributed by atoms with Gasteiger partial charge in [-0.3, -0.25) is 4.79 Å². The number of ether oxygens (including phenoxy) is 2. The van der Waals surface area contributed by atoms with E-state index in [1.54, 1.807) is 6.92 Å². The molecule has 5 rings (SSSR count). The number of benzene rings is 2. The highest BCUT2D eigenvalue weighted by Gasteiger charge is 2.30. The number of nitrogens with one attached hydrogen (secondary N) is 1. The first-order valence-corrected chi connectivity index (χ1v) is 9.51. The Balaban J connectivity index is 0.000000144. The van der Waals surface area contributed by atoms with Crippen molar-refractivity contribution in [3.05, 3.63) is 64.1 Å². The largest absolute Gasteiger partial charge is 0.454 e. The molecular formula is C21H20BrNO3. The van der Waals surface area contributed by atoms with Crippen molar-refractivity contribution in [3.63, 3.8) is 0 Å². The van der Waals surface area contributed by atoms with E-state index in [2.05, 4.69) is 39.5 Å². The van der Waals surface area contributed by atoms with Crippen molar-refractivity contribution in [2.75, 3.05) is 18.7 Å². The summed E-state index contributed by atoms with van der Waals surface area (Å²) in [5, 5.41) is 3.45. The van der Waals surface area contributed by atoms with E-state index in [4.69, 9.17) is 9.47 Å². The minimum absolute atomic E-state index is 0.145. The van der Waals surface area contributed by atoms with Crippen LogP contribution in [0, 0.1) is 5.92 Å². The highest BCUT2D eigenvalue weighted by molar-refractivity contribution is 9.10. The average Bonchev–Trinajstić information content (AvgIpc) is 3.30. The van der Waals surface area contributed by atoms with Crippen LogP contribution in [0.3, 0.4) is 0 Å². The van der Waals surface area contributed by atoms with Crippen molar-refractivity contribution < 1.29 is 14.3 Å². The molecule has 0 radical (unpaired) electrons. The molecule has 2 aromatic carbocycles. The van der Waals surface area contributed by atoms with Crippen molar-refractivity contribution in [3.8, 4) is 11.5 Å². The van der Waals surface area contributed by atoms with Gasteiger partial charge in [0.1, 0.15) is 0 Å². The van der Waals surface area contributed by atoms with Gasteiger partial charge in [-0.1, -0.05) is 28.1 Å². The number of carbonyl (C=O) groups is 1. The molecule has 5 heteroatoms. The normalized spacial score (nSPS) is 21.2. The number of fused-ring (bicyclic) bond motifs is 4. The number of ketones is 1. The molecular weight excluding hydrogens is 394 g/mol. The molecule has 26 heavy (non-hydrogen) atoms. The molecule has 0 spiro atoms. The standard InChI is InChI=1S/C14H15NO.C7H5BrO2/c1-9(16)10-5-6-14-13(7-10)12-4-2-3-11(12)8-15-14;8-5-1-2-6-7(3-5)10-4-9-6/h2,4-7,11-12,15H,3,8H2,1H3;1-3H,4H2/t11-,12-;/m1./s1. The van der Waals surface area contributed by atoms with Gasteiger partial charge in [0, 0.05) is 28.2 Å². The van der Waals surface area contributed by atoms with Crippen LogP contribution in [0.5, 0.6) is 11.5 Å². The van der Waals surface area contributed by atoms with E-state index in [0.717, 1.165) is 34.5 Å². The summed E-state index contributed by atoms with van der Waals surface area (Å²) >= 11 is 3.33. The molecule has 0 bridgehead atoms. The molecule has 134 valence electrons. The highest BCUT2D eigenvalue weighted by atomic mass is 79.9. The summed E-state index contributed by atoms with van der Waals surface area (Å²) in [6, 6.07) is 11.7. The fraction of sp³-hybridized carbons (Fsp3) is 0.286. The van der Waals surface area contributed by atoms with Crippen LogP contribution in [0.15, 0.2) is 53.0 Å². The van der Waals surface area contributed by atoms with Gasteiger partial charge in [-0.05, 0) is 61.2 Å². The summed E-state index contributed by atoms with van der Waals surface area (Å²) in [5.41, 5.74) is 3.30. The molecule has 0 saturated carbocycles. The van der Waals surface area contributed by atoms with E-state index < -0.39 is 0 Å². The van der Waals surface area contributed by atoms with E-state index in [-0.39, 0.29) is 5.78 Å². The SMILES string of the molecule is Brc1ccc2c(c1)OCO2.CC(=O)c1ccc2c(c1)[C@@H]1C=CC[C@@H]1CN2. The fourth-order valence-corrected chi connectivity index (χ4v) is 3.94. The third-order valence-corrected chi connectivity index (χ3v) is 5.49. The van der Waals surface area contributed by atoms with Gasteiger partial charge in [-0.15, -0.1) is 0 Å². The predicted molar refractivity (Wildman–Crippen MR) is 105 cm³/mol. The molecule has 3 aliphatic rings. The molecule has 2 aromatic rings. The summed E-state index contributed by atoms with van der Waals surface area (Å²) in [4.78, 5) is 11.4. The topological polar surface area (TPSA) is 47.6 Å². The maximum atomic E-state index is 11.4. The Labute approximate surface area is 161 Å². The smallest absolute Gasteiger partial charge is 0.231 e. The van der Waals surface area contributed by atoms with Gasteiger partial charge in [0.25, 0.3) is 0 Å². The molecule has 0 aromatic heterocycles. The number of halogens is 1. The Morgan fingerprint density at radius 1 is 1.15 bits per heavy atom. The summed E-state index contributed by atoms with van der Waals surface area (Å²) in [7, 11) is 0. The first kappa shape index (κ1) is 17.2. The molecule has 1 aliphatic carbocycles. The number of Topliss-reactive ketones (excluding diaryl/α,β-unsaturated/α-hetero) is 1. The maximum Gasteiger partial charge on any atom is 0.231 e. The minimum atomic E-state index is 0.145. The van der Waals surface area contributed by atoms with Crippen LogP contribution in [-0.2, 0) is 0 Å². The zero-order chi connectivity index (χ0) is 18.1. The Hall–Kier alpha value is -2.27. The lowest BCUT2D eigenvalue weighted by atomic mass is 9.83. The Morgan fingerprint density at radius 3 is 2.85 bits per heavy atom. The molecule has 0 saturated heterocycles. The van der Waals surface area contributed by atoms with Gasteiger partial charge < -0.3 is 14.8 Å². The highest BCUT2D eigenvalue weighted by Crippen LogP contribution is 2.41. The Kier molecular flexibility index (Phi) is 4.72. The summed E-state index contributed by atoms with van der Waals surface area (Å²) in [5.74, 6) is 2.97. The molecule has 0 amide bonds. The van der Waals surface area contributed by atoms with Crippen LogP contribution in [0.25, 0.3) is 0 Å². The molecule has 0 fully saturated rings. The van der Waals surface area contributed by atoms with E-state index in [9.17, 15) is 4.79 Å². The van der Waals surface area contributed by atoms with Crippen LogP contribution in [0.2, 0.25) is 0 Å². The van der Waals surface area contributed by atoms with Crippen molar-refractivity contribution in [1.82, 2.24) is 0 Å². The van der Waals surface area contributed by atoms with E-state index >= 15 is 0 Å². The Bertz CT molecular complexity index is 878. The average molecular weight is 414 g/mol. The Morgan fingerprint density at radius 2 is 2.00 bits per heavy atom. The lowest BCUT2D eigenvalue weighted by Gasteiger charge is -2.29. The van der Waals surface area contributed by atoms with Gasteiger partial charge in [0.2, 0.25) is 6.79 Å². The third kappa shape index (κ3) is 3.36. The van der Waals surface area contributed by atoms with Gasteiger partial charge in [0.15, 0.2) is 17.3 Å². The number of hydrogen-bond donors (Lipinski definition) is 1. The van der Waals surface area contributed by atoms with Gasteiger partial charge in [-0.25, -0.2) is 0 Å². The van der Waals surface area contributed by atoms with Crippen molar-refractivity contribution >= 4 is 27.4 Å². The lowest BCUT2D eigenvalue weighted by molar-refractivity contribution is 0.101. The molecule has 2 aliphatic heterocycles. The molecule has 2 heterocycles. The van der Waals surface area contributed by atoms with Crippen LogP contribution in [-0.4, -0.2) is 19.1 Å². The van der Waals surface area contributed by atoms with Crippen LogP contribution in [0.1, 0.15) is 35.2 Å². The zero-order valence-corrected chi connectivity index (χ0v) is 16.1. The van der Waals surface area contributed by atoms with Crippen LogP contribution in [0.4, 0.5) is 5.69 Å². The van der Waals surface area contributed by atoms with Crippen LogP contribution >= 0.6 is 15.9 Å². The van der Waals surface area contributed by atoms with E-state index in [1.807, 2.05) is 30.3 Å². The van der Waals surface area contributed by atoms with Crippen molar-refractivity contribution in [1.29, 1.82) is 0 Å². The molecule has 1 N–H and O–H groups in total. The number of allylic oxidation sites excluding steroid dienone is 2. The van der Waals surface area contributed by atoms with Crippen LogP contribution < -0.4 is 14.8 Å². The third-order valence-electron chi connectivity index (χ3n) is 5.00. The van der Waals surface area contributed by atoms with E-state index in [0.29, 0.717) is 18.6 Å². The quantitative estimate of drug-likeness (QED) is 0.518. The second kappa shape index (κ2) is 7.16. The molecule has 2 atom stereocenters. The summed E-state index contributed by atoms with van der Waals surface area (Å²) in [6.07, 6.45) is 5.70. The zero-order valence-electron chi connectivity index (χ0n) is 14.5. The fourth-order valence-electron chi connectivity index (χ4n) is 3.60. The number of hydrogen-bond acceptors (Lipinski definition) is 4. The second-order valence-corrected chi connectivity index (χ2v) is 7.60. The molecule has 4 nitrogen and oxygen atoms in total. The monoisotopic (exact) mass is 413 g/mol. The maximum absolute atomic E-state index is 11.4. The number of carbonyl (C=O) groups excluding carboxylic acids is 1. The van der Waals surface area contributed by atoms with Gasteiger partial charge in [0.05, 0.1) is 0 Å². The van der Waals surface area contributed by atoms with Gasteiger partial charge >= 0.3 is 0 Å². The lowest BCUT2D eigenvalue weighted by Crippen LogP contribution is -2.24. The molecule has 0 unspecified atom stereocenters. The van der Waals surface area contributed by atoms with Crippen molar-refractivity contribution in [2.24, 2.45) is 5.92 Å². The summed E-state index contributed by atoms with van der Waals surface area (Å²) in [6.45, 7) is 3.01. The number of anilines is 1. The van der Waals surface area contributed by atoms with E-state index in [1.165, 1.54) is 11.3 Å². The predicted octanol–water partition coefficient (Wildman–Crippen LogP) is 5.15. The first-order chi connectivity index (χ1) is 12.6.